The molecule has 1 aliphatic rings. The van der Waals surface area contributed by atoms with Crippen molar-refractivity contribution < 1.29 is 4.79 Å². The Bertz CT molecular complexity index is 647. The predicted molar refractivity (Wildman–Crippen MR) is 92.2 cm³/mol. The van der Waals surface area contributed by atoms with Crippen molar-refractivity contribution in [1.29, 1.82) is 0 Å². The molecule has 0 saturated carbocycles. The van der Waals surface area contributed by atoms with Crippen LogP contribution in [0.25, 0.3) is 0 Å². The number of carbonyl (C=O) groups excluding carboxylic acids is 1. The summed E-state index contributed by atoms with van der Waals surface area (Å²) in [4.78, 5) is 15.8. The quantitative estimate of drug-likeness (QED) is 0.814. The largest absolute Gasteiger partial charge is 0.337 e. The van der Waals surface area contributed by atoms with Crippen molar-refractivity contribution in [1.82, 2.24) is 4.90 Å². The summed E-state index contributed by atoms with van der Waals surface area (Å²) in [5.41, 5.74) is 1.02. The van der Waals surface area contributed by atoms with Gasteiger partial charge < -0.3 is 4.90 Å². The molecule has 2 aromatic carbocycles. The second kappa shape index (κ2) is 7.21. The Kier molecular flexibility index (Phi) is 5.06. The Morgan fingerprint density at radius 2 is 1.82 bits per heavy atom. The van der Waals surface area contributed by atoms with Gasteiger partial charge in [-0.2, -0.15) is 0 Å². The van der Waals surface area contributed by atoms with E-state index in [0.29, 0.717) is 6.54 Å². The lowest BCUT2D eigenvalue weighted by molar-refractivity contribution is -0.133. The van der Waals surface area contributed by atoms with E-state index in [1.54, 1.807) is 11.8 Å². The van der Waals surface area contributed by atoms with Crippen LogP contribution in [-0.2, 0) is 11.3 Å². The van der Waals surface area contributed by atoms with Gasteiger partial charge in [0.25, 0.3) is 0 Å². The summed E-state index contributed by atoms with van der Waals surface area (Å²) in [5.74, 6) is 0.222. The fraction of sp³-hybridized carbons (Fsp3) is 0.278. The molecular weight excluding hydrogens is 314 g/mol. The molecule has 22 heavy (non-hydrogen) atoms. The van der Waals surface area contributed by atoms with Gasteiger partial charge in [-0.05, 0) is 36.6 Å². The number of likely N-dealkylation sites (tertiary alicyclic amines) is 1. The first-order chi connectivity index (χ1) is 10.7. The monoisotopic (exact) mass is 331 g/mol. The van der Waals surface area contributed by atoms with E-state index >= 15 is 0 Å². The lowest BCUT2D eigenvalue weighted by Crippen LogP contribution is -2.42. The summed E-state index contributed by atoms with van der Waals surface area (Å²) >= 11 is 7.88. The summed E-state index contributed by atoms with van der Waals surface area (Å²) in [7, 11) is 0. The van der Waals surface area contributed by atoms with E-state index in [9.17, 15) is 4.79 Å². The van der Waals surface area contributed by atoms with E-state index in [4.69, 9.17) is 11.6 Å². The molecule has 0 spiro atoms. The smallest absolute Gasteiger partial charge is 0.236 e. The maximum absolute atomic E-state index is 12.7. The van der Waals surface area contributed by atoms with Gasteiger partial charge in [-0.25, -0.2) is 0 Å². The molecule has 1 fully saturated rings. The normalized spacial score (nSPS) is 18.5. The average Bonchev–Trinajstić information content (AvgIpc) is 2.54. The summed E-state index contributed by atoms with van der Waals surface area (Å²) in [6.45, 7) is 1.42. The van der Waals surface area contributed by atoms with Crippen molar-refractivity contribution in [2.75, 3.05) is 6.54 Å². The summed E-state index contributed by atoms with van der Waals surface area (Å²) < 4.78 is 0. The minimum Gasteiger partial charge on any atom is -0.337 e. The molecule has 0 aliphatic carbocycles. The van der Waals surface area contributed by atoms with Crippen LogP contribution in [0.15, 0.2) is 59.5 Å². The molecular formula is C18H18ClNOS. The lowest BCUT2D eigenvalue weighted by atomic mass is 10.1. The summed E-state index contributed by atoms with van der Waals surface area (Å²) in [6, 6.07) is 17.9. The fourth-order valence-electron chi connectivity index (χ4n) is 2.67. The van der Waals surface area contributed by atoms with Crippen LogP contribution in [0.3, 0.4) is 0 Å². The second-order valence-corrected chi connectivity index (χ2v) is 7.10. The van der Waals surface area contributed by atoms with Crippen molar-refractivity contribution in [2.45, 2.75) is 29.5 Å². The van der Waals surface area contributed by atoms with Crippen LogP contribution in [-0.4, -0.2) is 22.6 Å². The molecule has 0 aromatic heterocycles. The first-order valence-electron chi connectivity index (χ1n) is 7.48. The first kappa shape index (κ1) is 15.4. The number of amides is 1. The second-order valence-electron chi connectivity index (χ2n) is 5.41. The van der Waals surface area contributed by atoms with Gasteiger partial charge in [0.05, 0.1) is 5.25 Å². The highest BCUT2D eigenvalue weighted by atomic mass is 35.5. The van der Waals surface area contributed by atoms with Crippen molar-refractivity contribution in [3.05, 3.63) is 65.2 Å². The minimum atomic E-state index is 0.0126. The molecule has 1 aliphatic heterocycles. The Balaban J connectivity index is 1.69. The predicted octanol–water partition coefficient (Wildman–Crippen LogP) is 4.62. The van der Waals surface area contributed by atoms with Crippen LogP contribution >= 0.6 is 23.4 Å². The number of carbonyl (C=O) groups is 1. The zero-order valence-corrected chi connectivity index (χ0v) is 13.8. The molecule has 4 heteroatoms. The standard InChI is InChI=1S/C18H18ClNOS/c19-16-10-5-4-7-14(16)13-20-12-6-11-17(18(20)21)22-15-8-2-1-3-9-15/h1-5,7-10,17H,6,11-13H2. The topological polar surface area (TPSA) is 20.3 Å². The Labute approximate surface area is 140 Å². The Morgan fingerprint density at radius 3 is 2.59 bits per heavy atom. The van der Waals surface area contributed by atoms with Crippen LogP contribution < -0.4 is 0 Å². The molecule has 3 rings (SSSR count). The molecule has 2 nitrogen and oxygen atoms in total. The number of rotatable bonds is 4. The fourth-order valence-corrected chi connectivity index (χ4v) is 4.04. The Hall–Kier alpha value is -1.45. The zero-order chi connectivity index (χ0) is 15.4. The van der Waals surface area contributed by atoms with Gasteiger partial charge in [-0.1, -0.05) is 48.0 Å². The van der Waals surface area contributed by atoms with Crippen molar-refractivity contribution >= 4 is 29.3 Å². The summed E-state index contributed by atoms with van der Waals surface area (Å²) in [5, 5.41) is 0.742. The van der Waals surface area contributed by atoms with Crippen molar-refractivity contribution in [3.8, 4) is 0 Å². The molecule has 114 valence electrons. The highest BCUT2D eigenvalue weighted by Crippen LogP contribution is 2.31. The van der Waals surface area contributed by atoms with Gasteiger partial charge >= 0.3 is 0 Å². The third-order valence-corrected chi connectivity index (χ3v) is 5.46. The maximum Gasteiger partial charge on any atom is 0.236 e. The van der Waals surface area contributed by atoms with Crippen LogP contribution in [0.4, 0.5) is 0 Å². The van der Waals surface area contributed by atoms with E-state index in [1.165, 1.54) is 0 Å². The summed E-state index contributed by atoms with van der Waals surface area (Å²) in [6.07, 6.45) is 1.98. The molecule has 0 radical (unpaired) electrons. The van der Waals surface area contributed by atoms with Crippen LogP contribution in [0.1, 0.15) is 18.4 Å². The first-order valence-corrected chi connectivity index (χ1v) is 8.74. The number of nitrogens with zero attached hydrogens (tertiary/aromatic N) is 1. The number of thioether (sulfide) groups is 1. The highest BCUT2D eigenvalue weighted by molar-refractivity contribution is 8.00. The third-order valence-electron chi connectivity index (χ3n) is 3.82. The van der Waals surface area contributed by atoms with Gasteiger partial charge in [-0.3, -0.25) is 4.79 Å². The van der Waals surface area contributed by atoms with Crippen LogP contribution in [0, 0.1) is 0 Å². The molecule has 1 amide bonds. The molecule has 2 aromatic rings. The zero-order valence-electron chi connectivity index (χ0n) is 12.2. The third kappa shape index (κ3) is 3.65. The molecule has 1 heterocycles. The number of hydrogen-bond donors (Lipinski definition) is 0. The molecule has 1 atom stereocenters. The van der Waals surface area contributed by atoms with Gasteiger partial charge in [0.2, 0.25) is 5.91 Å². The van der Waals surface area contributed by atoms with E-state index < -0.39 is 0 Å². The SMILES string of the molecule is O=C1C(Sc2ccccc2)CCCN1Cc1ccccc1Cl. The minimum absolute atomic E-state index is 0.0126. The maximum atomic E-state index is 12.7. The van der Waals surface area contributed by atoms with Gasteiger partial charge in [0.15, 0.2) is 0 Å². The average molecular weight is 332 g/mol. The molecule has 1 saturated heterocycles. The molecule has 1 unspecified atom stereocenters. The van der Waals surface area contributed by atoms with E-state index in [-0.39, 0.29) is 11.2 Å². The number of hydrogen-bond acceptors (Lipinski definition) is 2. The lowest BCUT2D eigenvalue weighted by Gasteiger charge is -2.32. The number of halogens is 1. The highest BCUT2D eigenvalue weighted by Gasteiger charge is 2.29. The van der Waals surface area contributed by atoms with Crippen molar-refractivity contribution in [2.24, 2.45) is 0 Å². The number of piperidine rings is 1. The van der Waals surface area contributed by atoms with E-state index in [2.05, 4.69) is 12.1 Å². The van der Waals surface area contributed by atoms with Gasteiger partial charge in [0, 0.05) is 23.0 Å². The van der Waals surface area contributed by atoms with Crippen molar-refractivity contribution in [3.63, 3.8) is 0 Å². The number of benzene rings is 2. The van der Waals surface area contributed by atoms with Crippen LogP contribution in [0.5, 0.6) is 0 Å². The van der Waals surface area contributed by atoms with E-state index in [1.807, 2.05) is 47.4 Å². The van der Waals surface area contributed by atoms with Gasteiger partial charge in [0.1, 0.15) is 0 Å². The Morgan fingerprint density at radius 1 is 1.09 bits per heavy atom. The molecule has 0 bridgehead atoms. The van der Waals surface area contributed by atoms with E-state index in [0.717, 1.165) is 34.9 Å². The van der Waals surface area contributed by atoms with Crippen LogP contribution in [0.2, 0.25) is 5.02 Å². The molecule has 0 N–H and O–H groups in total. The van der Waals surface area contributed by atoms with Gasteiger partial charge in [-0.15, -0.1) is 11.8 Å².